The number of ether oxygens (including phenoxy) is 1. The number of hydrogen-bond acceptors (Lipinski definition) is 5. The highest BCUT2D eigenvalue weighted by molar-refractivity contribution is 7.21. The second-order valence-electron chi connectivity index (χ2n) is 3.34. The molecule has 90 valence electrons. The van der Waals surface area contributed by atoms with Crippen LogP contribution < -0.4 is 0 Å². The van der Waals surface area contributed by atoms with Crippen LogP contribution in [0.3, 0.4) is 0 Å². The molecule has 0 aromatic carbocycles. The zero-order valence-electron chi connectivity index (χ0n) is 9.54. The van der Waals surface area contributed by atoms with Crippen molar-refractivity contribution in [2.45, 2.75) is 0 Å². The summed E-state index contributed by atoms with van der Waals surface area (Å²) in [7, 11) is 1.26. The Balaban J connectivity index is 2.28. The number of carbonyl (C=O) groups is 1. The Morgan fingerprint density at radius 2 is 2.22 bits per heavy atom. The van der Waals surface area contributed by atoms with E-state index in [9.17, 15) is 4.79 Å². The van der Waals surface area contributed by atoms with Crippen molar-refractivity contribution in [1.29, 1.82) is 5.26 Å². The van der Waals surface area contributed by atoms with Crippen molar-refractivity contribution in [1.82, 2.24) is 0 Å². The van der Waals surface area contributed by atoms with Crippen molar-refractivity contribution in [3.8, 4) is 15.8 Å². The Hall–Kier alpha value is -1.90. The Kier molecular flexibility index (Phi) is 3.92. The largest absolute Gasteiger partial charge is 0.465 e. The topological polar surface area (TPSA) is 50.1 Å². The number of nitriles is 1. The first kappa shape index (κ1) is 12.6. The van der Waals surface area contributed by atoms with Gasteiger partial charge in [0.25, 0.3) is 0 Å². The van der Waals surface area contributed by atoms with Gasteiger partial charge in [-0.2, -0.15) is 5.26 Å². The van der Waals surface area contributed by atoms with E-state index in [2.05, 4.69) is 4.74 Å². The fraction of sp³-hybridized carbons (Fsp3) is 0.0769. The summed E-state index contributed by atoms with van der Waals surface area (Å²) in [4.78, 5) is 14.4. The van der Waals surface area contributed by atoms with Gasteiger partial charge in [-0.3, -0.25) is 0 Å². The van der Waals surface area contributed by atoms with Gasteiger partial charge < -0.3 is 4.74 Å². The summed E-state index contributed by atoms with van der Waals surface area (Å²) in [5, 5.41) is 10.9. The lowest BCUT2D eigenvalue weighted by Crippen LogP contribution is -2.02. The van der Waals surface area contributed by atoms with Crippen molar-refractivity contribution < 1.29 is 9.53 Å². The molecule has 18 heavy (non-hydrogen) atoms. The molecule has 0 amide bonds. The van der Waals surface area contributed by atoms with E-state index in [0.717, 1.165) is 9.75 Å². The number of esters is 1. The Bertz CT molecular complexity index is 618. The van der Waals surface area contributed by atoms with E-state index >= 15 is 0 Å². The van der Waals surface area contributed by atoms with Crippen LogP contribution >= 0.6 is 22.7 Å². The van der Waals surface area contributed by atoms with Gasteiger partial charge in [0.2, 0.25) is 0 Å². The van der Waals surface area contributed by atoms with Crippen LogP contribution in [0.2, 0.25) is 0 Å². The van der Waals surface area contributed by atoms with Gasteiger partial charge in [-0.25, -0.2) is 4.79 Å². The van der Waals surface area contributed by atoms with Crippen molar-refractivity contribution >= 4 is 34.7 Å². The van der Waals surface area contributed by atoms with Gasteiger partial charge in [0, 0.05) is 14.6 Å². The number of thiophene rings is 2. The lowest BCUT2D eigenvalue weighted by Gasteiger charge is -1.94. The molecule has 0 unspecified atom stereocenters. The third-order valence-electron chi connectivity index (χ3n) is 2.20. The molecular formula is C13H9NO2S2. The summed E-state index contributed by atoms with van der Waals surface area (Å²) in [5.74, 6) is -0.608. The molecule has 0 saturated carbocycles. The van der Waals surface area contributed by atoms with Crippen LogP contribution in [0.4, 0.5) is 0 Å². The van der Waals surface area contributed by atoms with E-state index in [-0.39, 0.29) is 5.57 Å². The van der Waals surface area contributed by atoms with Gasteiger partial charge in [-0.05, 0) is 29.7 Å². The predicted octanol–water partition coefficient (Wildman–Crippen LogP) is 3.56. The summed E-state index contributed by atoms with van der Waals surface area (Å²) in [6, 6.07) is 9.74. The molecule has 0 fully saturated rings. The van der Waals surface area contributed by atoms with Gasteiger partial charge in [0.15, 0.2) is 0 Å². The molecule has 0 atom stereocenters. The number of carbonyl (C=O) groups excluding carboxylic acids is 1. The van der Waals surface area contributed by atoms with Crippen LogP contribution in [-0.4, -0.2) is 13.1 Å². The maximum Gasteiger partial charge on any atom is 0.348 e. The number of methoxy groups -OCH3 is 1. The third-order valence-corrected chi connectivity index (χ3v) is 4.30. The molecule has 0 aliphatic carbocycles. The molecule has 2 aromatic rings. The minimum Gasteiger partial charge on any atom is -0.465 e. The third kappa shape index (κ3) is 2.67. The monoisotopic (exact) mass is 275 g/mol. The zero-order chi connectivity index (χ0) is 13.0. The number of hydrogen-bond donors (Lipinski definition) is 0. The molecule has 0 aliphatic heterocycles. The van der Waals surface area contributed by atoms with Crippen LogP contribution in [0, 0.1) is 11.3 Å². The Labute approximate surface area is 113 Å². The second kappa shape index (κ2) is 5.63. The Morgan fingerprint density at radius 1 is 1.39 bits per heavy atom. The Morgan fingerprint density at radius 3 is 2.83 bits per heavy atom. The van der Waals surface area contributed by atoms with Crippen LogP contribution in [0.5, 0.6) is 0 Å². The van der Waals surface area contributed by atoms with Crippen LogP contribution in [0.25, 0.3) is 15.8 Å². The standard InChI is InChI=1S/C13H9NO2S2/c1-16-13(15)9(8-14)7-10-4-5-12(18-10)11-3-2-6-17-11/h2-7H,1H3/b9-7+. The molecule has 2 aromatic heterocycles. The highest BCUT2D eigenvalue weighted by Crippen LogP contribution is 2.32. The maximum absolute atomic E-state index is 11.3. The van der Waals surface area contributed by atoms with E-state index in [1.54, 1.807) is 17.4 Å². The van der Waals surface area contributed by atoms with E-state index in [4.69, 9.17) is 5.26 Å². The molecule has 0 N–H and O–H groups in total. The predicted molar refractivity (Wildman–Crippen MR) is 73.2 cm³/mol. The van der Waals surface area contributed by atoms with E-state index in [1.165, 1.54) is 23.3 Å². The quantitative estimate of drug-likeness (QED) is 0.489. The summed E-state index contributed by atoms with van der Waals surface area (Å²) < 4.78 is 4.53. The molecule has 3 nitrogen and oxygen atoms in total. The number of nitrogens with zero attached hydrogens (tertiary/aromatic N) is 1. The fourth-order valence-electron chi connectivity index (χ4n) is 1.37. The van der Waals surface area contributed by atoms with E-state index < -0.39 is 5.97 Å². The number of rotatable bonds is 3. The first-order valence-electron chi connectivity index (χ1n) is 5.08. The molecule has 0 radical (unpaired) electrons. The van der Waals surface area contributed by atoms with Crippen molar-refractivity contribution in [2.24, 2.45) is 0 Å². The van der Waals surface area contributed by atoms with Gasteiger partial charge >= 0.3 is 5.97 Å². The van der Waals surface area contributed by atoms with Crippen molar-refractivity contribution in [3.63, 3.8) is 0 Å². The summed E-state index contributed by atoms with van der Waals surface area (Å²) in [5.41, 5.74) is 0.0112. The lowest BCUT2D eigenvalue weighted by molar-refractivity contribution is -0.135. The van der Waals surface area contributed by atoms with Crippen LogP contribution in [-0.2, 0) is 9.53 Å². The van der Waals surface area contributed by atoms with E-state index in [0.29, 0.717) is 0 Å². The molecule has 0 spiro atoms. The minimum atomic E-state index is -0.608. The molecular weight excluding hydrogens is 266 g/mol. The first-order chi connectivity index (χ1) is 8.74. The molecule has 2 heterocycles. The smallest absolute Gasteiger partial charge is 0.348 e. The average molecular weight is 275 g/mol. The van der Waals surface area contributed by atoms with Gasteiger partial charge in [-0.15, -0.1) is 22.7 Å². The first-order valence-corrected chi connectivity index (χ1v) is 6.78. The summed E-state index contributed by atoms with van der Waals surface area (Å²) in [6.07, 6.45) is 1.55. The van der Waals surface area contributed by atoms with Crippen LogP contribution in [0.15, 0.2) is 35.2 Å². The summed E-state index contributed by atoms with van der Waals surface area (Å²) in [6.45, 7) is 0. The molecule has 0 bridgehead atoms. The fourth-order valence-corrected chi connectivity index (χ4v) is 3.16. The van der Waals surface area contributed by atoms with E-state index in [1.807, 2.05) is 35.7 Å². The minimum absolute atomic E-state index is 0.0112. The molecule has 0 saturated heterocycles. The van der Waals surface area contributed by atoms with Crippen LogP contribution in [0.1, 0.15) is 4.88 Å². The highest BCUT2D eigenvalue weighted by Gasteiger charge is 2.10. The summed E-state index contributed by atoms with van der Waals surface area (Å²) >= 11 is 3.20. The molecule has 5 heteroatoms. The SMILES string of the molecule is COC(=O)/C(C#N)=C/c1ccc(-c2cccs2)s1. The maximum atomic E-state index is 11.3. The molecule has 0 aliphatic rings. The highest BCUT2D eigenvalue weighted by atomic mass is 32.1. The van der Waals surface area contributed by atoms with Gasteiger partial charge in [0.1, 0.15) is 11.6 Å². The second-order valence-corrected chi connectivity index (χ2v) is 5.40. The van der Waals surface area contributed by atoms with Gasteiger partial charge in [-0.1, -0.05) is 6.07 Å². The van der Waals surface area contributed by atoms with Crippen molar-refractivity contribution in [2.75, 3.05) is 7.11 Å². The zero-order valence-corrected chi connectivity index (χ0v) is 11.2. The van der Waals surface area contributed by atoms with Crippen molar-refractivity contribution in [3.05, 3.63) is 40.1 Å². The normalized spacial score (nSPS) is 11.0. The van der Waals surface area contributed by atoms with Gasteiger partial charge in [0.05, 0.1) is 7.11 Å². The molecule has 2 rings (SSSR count). The lowest BCUT2D eigenvalue weighted by atomic mass is 10.2. The average Bonchev–Trinajstić information content (AvgIpc) is 3.05.